The van der Waals surface area contributed by atoms with Crippen molar-refractivity contribution < 1.29 is 14.3 Å². The topological polar surface area (TPSA) is 80.9 Å². The summed E-state index contributed by atoms with van der Waals surface area (Å²) < 4.78 is 10.6. The van der Waals surface area contributed by atoms with Crippen LogP contribution in [0.3, 0.4) is 0 Å². The zero-order valence-corrected chi connectivity index (χ0v) is 14.3. The summed E-state index contributed by atoms with van der Waals surface area (Å²) in [4.78, 5) is 20.5. The van der Waals surface area contributed by atoms with Crippen molar-refractivity contribution in [3.63, 3.8) is 0 Å². The van der Waals surface area contributed by atoms with Gasteiger partial charge in [0.1, 0.15) is 5.60 Å². The van der Waals surface area contributed by atoms with Gasteiger partial charge in [0.2, 0.25) is 5.88 Å². The summed E-state index contributed by atoms with van der Waals surface area (Å²) in [5.41, 5.74) is 6.16. The molecule has 1 amide bonds. The minimum atomic E-state index is -0.484. The Balaban J connectivity index is 2.05. The highest BCUT2D eigenvalue weighted by atomic mass is 16.6. The molecule has 7 nitrogen and oxygen atoms in total. The third-order valence-electron chi connectivity index (χ3n) is 3.54. The van der Waals surface area contributed by atoms with E-state index >= 15 is 0 Å². The Labute approximate surface area is 137 Å². The van der Waals surface area contributed by atoms with Crippen molar-refractivity contribution in [1.29, 1.82) is 0 Å². The Morgan fingerprint density at radius 2 is 1.96 bits per heavy atom. The number of hydrogen-bond acceptors (Lipinski definition) is 6. The Bertz CT molecular complexity index is 557. The van der Waals surface area contributed by atoms with E-state index in [2.05, 4.69) is 9.88 Å². The average molecular weight is 322 g/mol. The molecule has 2 N–H and O–H groups in total. The molecule has 1 fully saturated rings. The van der Waals surface area contributed by atoms with E-state index < -0.39 is 5.60 Å². The van der Waals surface area contributed by atoms with E-state index in [1.807, 2.05) is 20.8 Å². The first-order valence-corrected chi connectivity index (χ1v) is 7.83. The minimum absolute atomic E-state index is 0.272. The van der Waals surface area contributed by atoms with E-state index in [0.29, 0.717) is 37.0 Å². The number of nitrogens with zero attached hydrogens (tertiary/aromatic N) is 3. The lowest BCUT2D eigenvalue weighted by Gasteiger charge is -2.27. The molecule has 0 aromatic carbocycles. The van der Waals surface area contributed by atoms with Crippen LogP contribution in [0.5, 0.6) is 5.88 Å². The van der Waals surface area contributed by atoms with E-state index in [1.165, 1.54) is 0 Å². The molecule has 0 atom stereocenters. The SMILES string of the molecule is COc1ccc(N)c(N2CCCN(C(=O)OC(C)(C)C)CC2)n1. The summed E-state index contributed by atoms with van der Waals surface area (Å²) in [7, 11) is 1.58. The number of ether oxygens (including phenoxy) is 2. The number of hydrogen-bond donors (Lipinski definition) is 1. The standard InChI is InChI=1S/C16H26N4O3/c1-16(2,3)23-15(21)20-9-5-8-19(10-11-20)14-12(17)6-7-13(18-14)22-4/h6-7H,5,8-11,17H2,1-4H3. The van der Waals surface area contributed by atoms with E-state index in [0.717, 1.165) is 13.0 Å². The van der Waals surface area contributed by atoms with Crippen molar-refractivity contribution >= 4 is 17.6 Å². The molecule has 0 aliphatic carbocycles. The summed E-state index contributed by atoms with van der Waals surface area (Å²) in [5, 5.41) is 0. The summed E-state index contributed by atoms with van der Waals surface area (Å²) in [6.45, 7) is 8.29. The normalized spacial score (nSPS) is 16.0. The molecule has 0 bridgehead atoms. The molecule has 1 aromatic rings. The molecular weight excluding hydrogens is 296 g/mol. The number of rotatable bonds is 2. The maximum atomic E-state index is 12.2. The first kappa shape index (κ1) is 17.2. The second-order valence-corrected chi connectivity index (χ2v) is 6.57. The van der Waals surface area contributed by atoms with Gasteiger partial charge in [-0.15, -0.1) is 0 Å². The van der Waals surface area contributed by atoms with E-state index in [1.54, 1.807) is 24.1 Å². The highest BCUT2D eigenvalue weighted by Gasteiger charge is 2.25. The molecule has 1 saturated heterocycles. The fourth-order valence-electron chi connectivity index (χ4n) is 2.45. The lowest BCUT2D eigenvalue weighted by Crippen LogP contribution is -2.39. The van der Waals surface area contributed by atoms with Gasteiger partial charge < -0.3 is 25.0 Å². The van der Waals surface area contributed by atoms with Crippen molar-refractivity contribution in [1.82, 2.24) is 9.88 Å². The van der Waals surface area contributed by atoms with Gasteiger partial charge in [-0.1, -0.05) is 0 Å². The van der Waals surface area contributed by atoms with E-state index in [-0.39, 0.29) is 6.09 Å². The van der Waals surface area contributed by atoms with Crippen LogP contribution in [0.1, 0.15) is 27.2 Å². The molecule has 2 rings (SSSR count). The Morgan fingerprint density at radius 3 is 2.61 bits per heavy atom. The van der Waals surface area contributed by atoms with Crippen LogP contribution < -0.4 is 15.4 Å². The molecule has 1 aliphatic rings. The first-order chi connectivity index (χ1) is 10.8. The van der Waals surface area contributed by atoms with Gasteiger partial charge in [0.15, 0.2) is 5.82 Å². The molecule has 0 spiro atoms. The number of pyridine rings is 1. The molecule has 0 radical (unpaired) electrons. The maximum Gasteiger partial charge on any atom is 0.410 e. The van der Waals surface area contributed by atoms with Gasteiger partial charge in [-0.3, -0.25) is 0 Å². The number of carbonyl (C=O) groups is 1. The van der Waals surface area contributed by atoms with Crippen molar-refractivity contribution in [2.75, 3.05) is 43.9 Å². The number of anilines is 2. The van der Waals surface area contributed by atoms with Crippen molar-refractivity contribution in [2.45, 2.75) is 32.8 Å². The molecule has 2 heterocycles. The molecule has 128 valence electrons. The third-order valence-corrected chi connectivity index (χ3v) is 3.54. The lowest BCUT2D eigenvalue weighted by molar-refractivity contribution is 0.0263. The Morgan fingerprint density at radius 1 is 1.22 bits per heavy atom. The molecule has 1 aromatic heterocycles. The first-order valence-electron chi connectivity index (χ1n) is 7.83. The van der Waals surface area contributed by atoms with Gasteiger partial charge in [-0.2, -0.15) is 4.98 Å². The lowest BCUT2D eigenvalue weighted by atomic mass is 10.2. The van der Waals surface area contributed by atoms with Gasteiger partial charge >= 0.3 is 6.09 Å². The number of methoxy groups -OCH3 is 1. The second kappa shape index (κ2) is 6.93. The Hall–Kier alpha value is -2.18. The molecule has 0 saturated carbocycles. The zero-order valence-electron chi connectivity index (χ0n) is 14.3. The van der Waals surface area contributed by atoms with Crippen molar-refractivity contribution in [2.24, 2.45) is 0 Å². The summed E-state index contributed by atoms with van der Waals surface area (Å²) in [5.74, 6) is 1.23. The van der Waals surface area contributed by atoms with Crippen LogP contribution in [0.15, 0.2) is 12.1 Å². The number of nitrogens with two attached hydrogens (primary N) is 1. The van der Waals surface area contributed by atoms with Gasteiger partial charge in [-0.05, 0) is 33.3 Å². The van der Waals surface area contributed by atoms with Gasteiger partial charge in [0, 0.05) is 32.2 Å². The number of aromatic nitrogens is 1. The highest BCUT2D eigenvalue weighted by Crippen LogP contribution is 2.25. The van der Waals surface area contributed by atoms with E-state index in [9.17, 15) is 4.79 Å². The average Bonchev–Trinajstić information content (AvgIpc) is 2.72. The van der Waals surface area contributed by atoms with Gasteiger partial charge in [0.05, 0.1) is 12.8 Å². The predicted octanol–water partition coefficient (Wildman–Crippen LogP) is 2.12. The Kier molecular flexibility index (Phi) is 5.18. The molecule has 0 unspecified atom stereocenters. The smallest absolute Gasteiger partial charge is 0.410 e. The number of amides is 1. The molecule has 7 heteroatoms. The highest BCUT2D eigenvalue weighted by molar-refractivity contribution is 5.69. The maximum absolute atomic E-state index is 12.2. The zero-order chi connectivity index (χ0) is 17.0. The monoisotopic (exact) mass is 322 g/mol. The quantitative estimate of drug-likeness (QED) is 0.898. The van der Waals surface area contributed by atoms with Gasteiger partial charge in [0.25, 0.3) is 0 Å². The van der Waals surface area contributed by atoms with E-state index in [4.69, 9.17) is 15.2 Å². The molecule has 23 heavy (non-hydrogen) atoms. The fourth-order valence-corrected chi connectivity index (χ4v) is 2.45. The van der Waals surface area contributed by atoms with Crippen LogP contribution in [0.2, 0.25) is 0 Å². The van der Waals surface area contributed by atoms with Crippen molar-refractivity contribution in [3.8, 4) is 5.88 Å². The van der Waals surface area contributed by atoms with Gasteiger partial charge in [-0.25, -0.2) is 4.79 Å². The van der Waals surface area contributed by atoms with Crippen LogP contribution in [0.25, 0.3) is 0 Å². The summed E-state index contributed by atoms with van der Waals surface area (Å²) >= 11 is 0. The number of nitrogen functional groups attached to an aromatic ring is 1. The van der Waals surface area contributed by atoms with Crippen LogP contribution in [0, 0.1) is 0 Å². The second-order valence-electron chi connectivity index (χ2n) is 6.57. The largest absolute Gasteiger partial charge is 0.481 e. The van der Waals surface area contributed by atoms with Crippen LogP contribution in [-0.2, 0) is 4.74 Å². The minimum Gasteiger partial charge on any atom is -0.481 e. The molecule has 1 aliphatic heterocycles. The van der Waals surface area contributed by atoms with Crippen molar-refractivity contribution in [3.05, 3.63) is 12.1 Å². The predicted molar refractivity (Wildman–Crippen MR) is 89.8 cm³/mol. The summed E-state index contributed by atoms with van der Waals surface area (Å²) in [6, 6.07) is 3.53. The van der Waals surface area contributed by atoms with Crippen LogP contribution >= 0.6 is 0 Å². The third kappa shape index (κ3) is 4.64. The summed E-state index contributed by atoms with van der Waals surface area (Å²) in [6.07, 6.45) is 0.559. The van der Waals surface area contributed by atoms with Crippen LogP contribution in [0.4, 0.5) is 16.3 Å². The molecular formula is C16H26N4O3. The van der Waals surface area contributed by atoms with Crippen LogP contribution in [-0.4, -0.2) is 54.9 Å². The fraction of sp³-hybridized carbons (Fsp3) is 0.625. The number of carbonyl (C=O) groups excluding carboxylic acids is 1.